The van der Waals surface area contributed by atoms with Crippen LogP contribution in [0.5, 0.6) is 0 Å². The number of anilines is 1. The number of nitrogens with zero attached hydrogens (tertiary/aromatic N) is 2. The van der Waals surface area contributed by atoms with Gasteiger partial charge >= 0.3 is 0 Å². The lowest BCUT2D eigenvalue weighted by atomic mass is 10.1. The minimum absolute atomic E-state index is 0.0246. The highest BCUT2D eigenvalue weighted by Crippen LogP contribution is 2.24. The molecular weight excluding hydrogens is 440 g/mol. The molecule has 0 spiro atoms. The number of carbonyl (C=O) groups is 2. The Bertz CT molecular complexity index is 1120. The predicted octanol–water partition coefficient (Wildman–Crippen LogP) is 2.39. The number of nitrogens with one attached hydrogen (secondary N) is 2. The first-order valence-electron chi connectivity index (χ1n) is 11.2. The average molecular weight is 473 g/mol. The molecule has 3 rings (SSSR count). The van der Waals surface area contributed by atoms with Gasteiger partial charge in [-0.25, -0.2) is 8.42 Å². The highest BCUT2D eigenvalue weighted by atomic mass is 32.2. The number of carbonyl (C=O) groups excluding carboxylic acids is 2. The summed E-state index contributed by atoms with van der Waals surface area (Å²) in [6.45, 7) is 8.68. The molecule has 2 aromatic rings. The second-order valence-corrected chi connectivity index (χ2v) is 9.95. The minimum Gasteiger partial charge on any atom is -0.355 e. The summed E-state index contributed by atoms with van der Waals surface area (Å²) in [4.78, 5) is 29.2. The fraction of sp³-hybridized carbons (Fsp3) is 0.417. The van der Waals surface area contributed by atoms with Gasteiger partial charge in [0, 0.05) is 32.7 Å². The third kappa shape index (κ3) is 6.33. The van der Waals surface area contributed by atoms with Crippen molar-refractivity contribution in [3.8, 4) is 0 Å². The topological polar surface area (TPSA) is 98.8 Å². The van der Waals surface area contributed by atoms with Crippen molar-refractivity contribution in [3.05, 3.63) is 59.2 Å². The van der Waals surface area contributed by atoms with Gasteiger partial charge < -0.3 is 10.2 Å². The second kappa shape index (κ2) is 10.8. The number of sulfonamides is 1. The van der Waals surface area contributed by atoms with Gasteiger partial charge in [0.25, 0.3) is 15.9 Å². The summed E-state index contributed by atoms with van der Waals surface area (Å²) in [5, 5.41) is 2.80. The Kier molecular flexibility index (Phi) is 8.10. The molecule has 2 amide bonds. The van der Waals surface area contributed by atoms with Crippen molar-refractivity contribution >= 4 is 27.5 Å². The molecule has 0 saturated carbocycles. The van der Waals surface area contributed by atoms with Crippen molar-refractivity contribution < 1.29 is 18.0 Å². The number of hydrogen-bond acceptors (Lipinski definition) is 5. The predicted molar refractivity (Wildman–Crippen MR) is 129 cm³/mol. The van der Waals surface area contributed by atoms with Gasteiger partial charge in [-0.15, -0.1) is 0 Å². The highest BCUT2D eigenvalue weighted by Gasteiger charge is 2.25. The Morgan fingerprint density at radius 1 is 1.00 bits per heavy atom. The molecule has 0 atom stereocenters. The zero-order chi connectivity index (χ0) is 24.0. The molecule has 2 N–H and O–H groups in total. The molecule has 33 heavy (non-hydrogen) atoms. The highest BCUT2D eigenvalue weighted by molar-refractivity contribution is 7.92. The number of rotatable bonds is 7. The molecule has 178 valence electrons. The molecule has 1 heterocycles. The molecular formula is C24H32N4O4S. The van der Waals surface area contributed by atoms with Crippen LogP contribution in [0.4, 0.5) is 5.69 Å². The Morgan fingerprint density at radius 2 is 1.76 bits per heavy atom. The van der Waals surface area contributed by atoms with Crippen LogP contribution < -0.4 is 10.0 Å². The Labute approximate surface area is 196 Å². The van der Waals surface area contributed by atoms with Crippen molar-refractivity contribution in [3.63, 3.8) is 0 Å². The van der Waals surface area contributed by atoms with Crippen molar-refractivity contribution in [2.45, 2.75) is 32.1 Å². The molecule has 1 saturated heterocycles. The maximum atomic E-state index is 13.3. The van der Waals surface area contributed by atoms with Crippen LogP contribution >= 0.6 is 0 Å². The fourth-order valence-electron chi connectivity index (χ4n) is 3.91. The van der Waals surface area contributed by atoms with Crippen LogP contribution in [-0.2, 0) is 14.8 Å². The third-order valence-electron chi connectivity index (χ3n) is 5.65. The summed E-state index contributed by atoms with van der Waals surface area (Å²) in [5.74, 6) is -0.252. The summed E-state index contributed by atoms with van der Waals surface area (Å²) < 4.78 is 28.8. The number of benzene rings is 2. The molecule has 1 aliphatic heterocycles. The summed E-state index contributed by atoms with van der Waals surface area (Å²) >= 11 is 0. The van der Waals surface area contributed by atoms with E-state index in [4.69, 9.17) is 0 Å². The Hall–Kier alpha value is -2.91. The van der Waals surface area contributed by atoms with Crippen molar-refractivity contribution in [2.24, 2.45) is 0 Å². The van der Waals surface area contributed by atoms with E-state index in [2.05, 4.69) is 10.0 Å². The first kappa shape index (κ1) is 24.7. The van der Waals surface area contributed by atoms with E-state index >= 15 is 0 Å². The van der Waals surface area contributed by atoms with Crippen molar-refractivity contribution in [1.82, 2.24) is 15.1 Å². The minimum atomic E-state index is -3.86. The van der Waals surface area contributed by atoms with E-state index in [1.165, 1.54) is 0 Å². The smallest absolute Gasteiger partial charge is 0.262 e. The molecule has 0 bridgehead atoms. The summed E-state index contributed by atoms with van der Waals surface area (Å²) in [6.07, 6.45) is 0.738. The summed E-state index contributed by atoms with van der Waals surface area (Å²) in [7, 11) is -3.86. The Balaban J connectivity index is 1.76. The van der Waals surface area contributed by atoms with E-state index in [0.29, 0.717) is 43.9 Å². The monoisotopic (exact) mass is 472 g/mol. The number of hydrogen-bond donors (Lipinski definition) is 2. The molecule has 2 aromatic carbocycles. The first-order valence-corrected chi connectivity index (χ1v) is 12.7. The number of aryl methyl sites for hydroxylation is 2. The van der Waals surface area contributed by atoms with Crippen molar-refractivity contribution in [2.75, 3.05) is 44.0 Å². The zero-order valence-corrected chi connectivity index (χ0v) is 20.2. The van der Waals surface area contributed by atoms with Crippen LogP contribution in [0, 0.1) is 13.8 Å². The number of para-hydroxylation sites is 1. The maximum Gasteiger partial charge on any atom is 0.262 e. The molecule has 1 fully saturated rings. The molecule has 0 unspecified atom stereocenters. The second-order valence-electron chi connectivity index (χ2n) is 8.30. The van der Waals surface area contributed by atoms with Gasteiger partial charge in [0.1, 0.15) is 0 Å². The molecule has 0 aliphatic carbocycles. The molecule has 9 heteroatoms. The molecule has 1 aliphatic rings. The van der Waals surface area contributed by atoms with Crippen LogP contribution in [-0.4, -0.2) is 69.3 Å². The lowest BCUT2D eigenvalue weighted by molar-refractivity contribution is -0.122. The third-order valence-corrected chi connectivity index (χ3v) is 7.16. The molecule has 0 aromatic heterocycles. The van der Waals surface area contributed by atoms with Gasteiger partial charge in [-0.3, -0.25) is 19.2 Å². The van der Waals surface area contributed by atoms with Crippen LogP contribution in [0.3, 0.4) is 0 Å². The van der Waals surface area contributed by atoms with E-state index in [1.807, 2.05) is 24.8 Å². The van der Waals surface area contributed by atoms with E-state index in [1.54, 1.807) is 48.2 Å². The van der Waals surface area contributed by atoms with E-state index < -0.39 is 10.0 Å². The van der Waals surface area contributed by atoms with Gasteiger partial charge in [-0.05, 0) is 56.5 Å². The summed E-state index contributed by atoms with van der Waals surface area (Å²) in [5.41, 5.74) is 2.04. The molecule has 0 radical (unpaired) electrons. The average Bonchev–Trinajstić information content (AvgIpc) is 3.00. The first-order chi connectivity index (χ1) is 15.7. The van der Waals surface area contributed by atoms with Gasteiger partial charge in [-0.2, -0.15) is 0 Å². The van der Waals surface area contributed by atoms with Crippen LogP contribution in [0.15, 0.2) is 47.4 Å². The quantitative estimate of drug-likeness (QED) is 0.645. The standard InChI is InChI=1S/C24H32N4O4S/c1-4-25-23(29)17-27-12-7-13-28(15-14-27)24(30)20-8-5-6-9-21(20)26-33(31,32)22-16-18(2)10-11-19(22)3/h5-6,8-11,16,26H,4,7,12-15,17H2,1-3H3,(H,25,29). The van der Waals surface area contributed by atoms with Gasteiger partial charge in [-0.1, -0.05) is 24.3 Å². The van der Waals surface area contributed by atoms with Crippen molar-refractivity contribution in [1.29, 1.82) is 0 Å². The van der Waals surface area contributed by atoms with E-state index in [9.17, 15) is 18.0 Å². The largest absolute Gasteiger partial charge is 0.355 e. The van der Waals surface area contributed by atoms with E-state index in [-0.39, 0.29) is 22.4 Å². The summed E-state index contributed by atoms with van der Waals surface area (Å²) in [6, 6.07) is 11.9. The van der Waals surface area contributed by atoms with Gasteiger partial charge in [0.15, 0.2) is 0 Å². The van der Waals surface area contributed by atoms with E-state index in [0.717, 1.165) is 18.5 Å². The van der Waals surface area contributed by atoms with Crippen LogP contribution in [0.1, 0.15) is 34.8 Å². The lowest BCUT2D eigenvalue weighted by Crippen LogP contribution is -2.40. The maximum absolute atomic E-state index is 13.3. The van der Waals surface area contributed by atoms with Crippen LogP contribution in [0.2, 0.25) is 0 Å². The number of amides is 2. The van der Waals surface area contributed by atoms with Gasteiger partial charge in [0.2, 0.25) is 5.91 Å². The van der Waals surface area contributed by atoms with Gasteiger partial charge in [0.05, 0.1) is 22.7 Å². The zero-order valence-electron chi connectivity index (χ0n) is 19.4. The Morgan fingerprint density at radius 3 is 2.52 bits per heavy atom. The fourth-order valence-corrected chi connectivity index (χ4v) is 5.32. The van der Waals surface area contributed by atoms with Crippen LogP contribution in [0.25, 0.3) is 0 Å². The SMILES string of the molecule is CCNC(=O)CN1CCCN(C(=O)c2ccccc2NS(=O)(=O)c2cc(C)ccc2C)CC1. The molecule has 8 nitrogen and oxygen atoms in total. The normalized spacial score (nSPS) is 15.1. The number of likely N-dealkylation sites (N-methyl/N-ethyl adjacent to an activating group) is 1. The lowest BCUT2D eigenvalue weighted by Gasteiger charge is -2.23.